The summed E-state index contributed by atoms with van der Waals surface area (Å²) in [5.74, 6) is 2.03. The van der Waals surface area contributed by atoms with Gasteiger partial charge in [-0.15, -0.1) is 20.4 Å². The van der Waals surface area contributed by atoms with E-state index in [1.165, 1.54) is 11.1 Å². The standard InChI is InChI=1S/C38H36N4O2/c1-37(2,3)31-11-7-9-29(23-31)35-41-39-33(43-35)27-19-15-25(16-20-27)13-14-26-17-21-28(22-18-26)34-40-42-36(44-34)30-10-8-12-32(24-30)38(4,5)6/h7-24H,1-6H3. The highest BCUT2D eigenvalue weighted by molar-refractivity contribution is 5.72. The maximum absolute atomic E-state index is 6.03. The highest BCUT2D eigenvalue weighted by Crippen LogP contribution is 2.30. The molecule has 6 heteroatoms. The molecule has 0 aliphatic carbocycles. The molecule has 0 amide bonds. The summed E-state index contributed by atoms with van der Waals surface area (Å²) in [5.41, 5.74) is 8.26. The average Bonchev–Trinajstić information content (AvgIpc) is 3.71. The van der Waals surface area contributed by atoms with Gasteiger partial charge in [-0.1, -0.05) is 102 Å². The predicted molar refractivity (Wildman–Crippen MR) is 177 cm³/mol. The van der Waals surface area contributed by atoms with Gasteiger partial charge in [0.05, 0.1) is 0 Å². The van der Waals surface area contributed by atoms with Crippen molar-refractivity contribution >= 4 is 12.2 Å². The van der Waals surface area contributed by atoms with Gasteiger partial charge in [-0.25, -0.2) is 0 Å². The van der Waals surface area contributed by atoms with Crippen molar-refractivity contribution in [2.75, 3.05) is 0 Å². The number of hydrogen-bond acceptors (Lipinski definition) is 6. The molecule has 0 spiro atoms. The number of aromatic nitrogens is 4. The molecule has 220 valence electrons. The minimum Gasteiger partial charge on any atom is -0.416 e. The van der Waals surface area contributed by atoms with E-state index in [1.807, 2.05) is 72.8 Å². The molecule has 0 bridgehead atoms. The lowest BCUT2D eigenvalue weighted by Crippen LogP contribution is -2.10. The van der Waals surface area contributed by atoms with E-state index in [-0.39, 0.29) is 10.8 Å². The van der Waals surface area contributed by atoms with Crippen LogP contribution in [0.4, 0.5) is 0 Å². The molecule has 0 radical (unpaired) electrons. The van der Waals surface area contributed by atoms with Gasteiger partial charge in [0.15, 0.2) is 0 Å². The molecular formula is C38H36N4O2. The van der Waals surface area contributed by atoms with E-state index in [0.29, 0.717) is 23.6 Å². The summed E-state index contributed by atoms with van der Waals surface area (Å²) in [5, 5.41) is 17.2. The van der Waals surface area contributed by atoms with Gasteiger partial charge in [0, 0.05) is 22.3 Å². The molecule has 44 heavy (non-hydrogen) atoms. The normalized spacial score (nSPS) is 12.2. The number of benzene rings is 4. The Bertz CT molecular complexity index is 1770. The fraction of sp³-hybridized carbons (Fsp3) is 0.211. The predicted octanol–water partition coefficient (Wildman–Crippen LogP) is 9.89. The summed E-state index contributed by atoms with van der Waals surface area (Å²) in [7, 11) is 0. The summed E-state index contributed by atoms with van der Waals surface area (Å²) in [6.07, 6.45) is 4.14. The molecule has 4 aromatic carbocycles. The van der Waals surface area contributed by atoms with E-state index in [9.17, 15) is 0 Å². The molecule has 0 unspecified atom stereocenters. The van der Waals surface area contributed by atoms with E-state index in [4.69, 9.17) is 8.83 Å². The Hall–Kier alpha value is -5.10. The van der Waals surface area contributed by atoms with Crippen LogP contribution in [0, 0.1) is 0 Å². The zero-order chi connectivity index (χ0) is 30.9. The summed E-state index contributed by atoms with van der Waals surface area (Å²) in [6, 6.07) is 32.7. The van der Waals surface area contributed by atoms with Crippen molar-refractivity contribution in [1.82, 2.24) is 20.4 Å². The van der Waals surface area contributed by atoms with Crippen LogP contribution in [-0.4, -0.2) is 20.4 Å². The van der Waals surface area contributed by atoms with Gasteiger partial charge in [-0.3, -0.25) is 0 Å². The first-order chi connectivity index (χ1) is 21.0. The Morgan fingerprint density at radius 2 is 0.773 bits per heavy atom. The van der Waals surface area contributed by atoms with Crippen molar-refractivity contribution in [2.45, 2.75) is 52.4 Å². The van der Waals surface area contributed by atoms with E-state index in [1.54, 1.807) is 0 Å². The zero-order valence-corrected chi connectivity index (χ0v) is 26.0. The Morgan fingerprint density at radius 3 is 1.11 bits per heavy atom. The van der Waals surface area contributed by atoms with Crippen molar-refractivity contribution in [1.29, 1.82) is 0 Å². The smallest absolute Gasteiger partial charge is 0.248 e. The van der Waals surface area contributed by atoms with Gasteiger partial charge >= 0.3 is 0 Å². The third-order valence-electron chi connectivity index (χ3n) is 7.58. The molecule has 0 N–H and O–H groups in total. The van der Waals surface area contributed by atoms with Crippen molar-refractivity contribution in [3.05, 3.63) is 119 Å². The van der Waals surface area contributed by atoms with Gasteiger partial charge in [-0.2, -0.15) is 0 Å². The average molecular weight is 581 g/mol. The molecule has 6 nitrogen and oxygen atoms in total. The minimum absolute atomic E-state index is 0.0436. The monoisotopic (exact) mass is 580 g/mol. The lowest BCUT2D eigenvalue weighted by Gasteiger charge is -2.19. The molecule has 2 aromatic heterocycles. The molecular weight excluding hydrogens is 544 g/mol. The van der Waals surface area contributed by atoms with Crippen LogP contribution in [-0.2, 0) is 10.8 Å². The van der Waals surface area contributed by atoms with E-state index >= 15 is 0 Å². The lowest BCUT2D eigenvalue weighted by molar-refractivity contribution is 0.579. The molecule has 6 rings (SSSR count). The molecule has 0 saturated carbocycles. The number of nitrogens with zero attached hydrogens (tertiary/aromatic N) is 4. The van der Waals surface area contributed by atoms with Crippen molar-refractivity contribution in [2.24, 2.45) is 0 Å². The topological polar surface area (TPSA) is 77.8 Å². The summed E-state index contributed by atoms with van der Waals surface area (Å²) in [6.45, 7) is 13.1. The van der Waals surface area contributed by atoms with Gasteiger partial charge in [-0.05, 0) is 81.6 Å². The Morgan fingerprint density at radius 1 is 0.432 bits per heavy atom. The largest absolute Gasteiger partial charge is 0.416 e. The first-order valence-electron chi connectivity index (χ1n) is 14.8. The first-order valence-corrected chi connectivity index (χ1v) is 14.8. The lowest BCUT2D eigenvalue weighted by atomic mass is 9.86. The molecule has 0 atom stereocenters. The summed E-state index contributed by atoms with van der Waals surface area (Å²) in [4.78, 5) is 0. The van der Waals surface area contributed by atoms with Crippen molar-refractivity contribution < 1.29 is 8.83 Å². The molecule has 0 fully saturated rings. The molecule has 0 saturated heterocycles. The van der Waals surface area contributed by atoms with Gasteiger partial charge < -0.3 is 8.83 Å². The van der Waals surface area contributed by atoms with Crippen LogP contribution in [0.5, 0.6) is 0 Å². The Balaban J connectivity index is 1.11. The van der Waals surface area contributed by atoms with Crippen LogP contribution in [0.15, 0.2) is 106 Å². The molecule has 0 aliphatic heterocycles. The quantitative estimate of drug-likeness (QED) is 0.182. The Kier molecular flexibility index (Phi) is 7.60. The van der Waals surface area contributed by atoms with Crippen LogP contribution >= 0.6 is 0 Å². The van der Waals surface area contributed by atoms with Gasteiger partial charge in [0.25, 0.3) is 0 Å². The van der Waals surface area contributed by atoms with Crippen molar-refractivity contribution in [3.63, 3.8) is 0 Å². The third-order valence-corrected chi connectivity index (χ3v) is 7.58. The van der Waals surface area contributed by atoms with Crippen LogP contribution in [0.1, 0.15) is 63.8 Å². The van der Waals surface area contributed by atoms with Crippen LogP contribution in [0.2, 0.25) is 0 Å². The van der Waals surface area contributed by atoms with E-state index in [2.05, 4.69) is 98.4 Å². The second kappa shape index (κ2) is 11.5. The SMILES string of the molecule is CC(C)(C)c1cccc(-c2nnc(-c3ccc(C=Cc4ccc(-c5nnc(-c6cccc(C(C)(C)C)c6)o5)cc4)cc3)o2)c1. The molecule has 6 aromatic rings. The fourth-order valence-electron chi connectivity index (χ4n) is 4.82. The number of hydrogen-bond donors (Lipinski definition) is 0. The van der Waals surface area contributed by atoms with Gasteiger partial charge in [0.1, 0.15) is 0 Å². The minimum atomic E-state index is 0.0436. The van der Waals surface area contributed by atoms with Crippen molar-refractivity contribution in [3.8, 4) is 45.8 Å². The van der Waals surface area contributed by atoms with Crippen LogP contribution in [0.25, 0.3) is 58.0 Å². The zero-order valence-electron chi connectivity index (χ0n) is 26.0. The maximum Gasteiger partial charge on any atom is 0.248 e. The van der Waals surface area contributed by atoms with E-state index < -0.39 is 0 Å². The van der Waals surface area contributed by atoms with Gasteiger partial charge in [0.2, 0.25) is 23.6 Å². The first kappa shape index (κ1) is 29.0. The summed E-state index contributed by atoms with van der Waals surface area (Å²) >= 11 is 0. The van der Waals surface area contributed by atoms with E-state index in [0.717, 1.165) is 33.4 Å². The van der Waals surface area contributed by atoms with Crippen LogP contribution in [0.3, 0.4) is 0 Å². The highest BCUT2D eigenvalue weighted by atomic mass is 16.4. The molecule has 2 heterocycles. The molecule has 0 aliphatic rings. The fourth-order valence-corrected chi connectivity index (χ4v) is 4.82. The second-order valence-electron chi connectivity index (χ2n) is 13.1. The van der Waals surface area contributed by atoms with Crippen LogP contribution < -0.4 is 0 Å². The second-order valence-corrected chi connectivity index (χ2v) is 13.1. The third kappa shape index (κ3) is 6.45. The Labute approximate surface area is 258 Å². The summed E-state index contributed by atoms with van der Waals surface area (Å²) < 4.78 is 12.1. The maximum atomic E-state index is 6.03. The number of rotatable bonds is 6. The highest BCUT2D eigenvalue weighted by Gasteiger charge is 2.18.